The van der Waals surface area contributed by atoms with Crippen molar-refractivity contribution >= 4 is 17.5 Å². The van der Waals surface area contributed by atoms with Crippen LogP contribution in [-0.2, 0) is 16.0 Å². The lowest BCUT2D eigenvalue weighted by atomic mass is 10.1. The Morgan fingerprint density at radius 1 is 1.19 bits per heavy atom. The summed E-state index contributed by atoms with van der Waals surface area (Å²) in [5.41, 5.74) is 1.43. The topological polar surface area (TPSA) is 71.5 Å². The second kappa shape index (κ2) is 8.62. The lowest BCUT2D eigenvalue weighted by Crippen LogP contribution is -2.42. The highest BCUT2D eigenvalue weighted by molar-refractivity contribution is 5.88. The number of piperidine rings is 1. The van der Waals surface area contributed by atoms with Gasteiger partial charge in [-0.3, -0.25) is 9.59 Å². The van der Waals surface area contributed by atoms with Gasteiger partial charge in [-0.15, -0.1) is 0 Å². The zero-order valence-electron chi connectivity index (χ0n) is 15.2. The molecule has 6 nitrogen and oxygen atoms in total. The molecule has 0 aliphatic carbocycles. The van der Waals surface area contributed by atoms with E-state index in [1.54, 1.807) is 30.5 Å². The number of carbonyl (C=O) groups excluding carboxylic acids is 2. The van der Waals surface area contributed by atoms with Gasteiger partial charge in [-0.05, 0) is 23.8 Å². The molecule has 2 aromatic rings. The van der Waals surface area contributed by atoms with Crippen molar-refractivity contribution < 1.29 is 18.7 Å². The second-order valence-electron chi connectivity index (χ2n) is 6.57. The van der Waals surface area contributed by atoms with Crippen LogP contribution in [0, 0.1) is 5.82 Å². The first-order valence-corrected chi connectivity index (χ1v) is 8.92. The molecule has 27 heavy (non-hydrogen) atoms. The van der Waals surface area contributed by atoms with Crippen molar-refractivity contribution in [2.75, 3.05) is 18.4 Å². The molecular weight excluding hydrogens is 349 g/mol. The van der Waals surface area contributed by atoms with E-state index in [1.807, 2.05) is 4.90 Å². The van der Waals surface area contributed by atoms with Crippen LogP contribution in [0.5, 0.6) is 5.88 Å². The zero-order valence-corrected chi connectivity index (χ0v) is 15.2. The minimum Gasteiger partial charge on any atom is -0.474 e. The molecule has 1 aliphatic rings. The molecule has 7 heteroatoms. The third kappa shape index (κ3) is 5.51. The van der Waals surface area contributed by atoms with Gasteiger partial charge in [0, 0.05) is 38.9 Å². The first kappa shape index (κ1) is 18.8. The van der Waals surface area contributed by atoms with Gasteiger partial charge in [0.15, 0.2) is 0 Å². The minimum absolute atomic E-state index is 0.000938. The molecule has 0 bridgehead atoms. The van der Waals surface area contributed by atoms with Gasteiger partial charge in [-0.2, -0.15) is 0 Å². The van der Waals surface area contributed by atoms with Crippen LogP contribution >= 0.6 is 0 Å². The number of nitrogens with one attached hydrogen (secondary N) is 1. The number of likely N-dealkylation sites (tertiary alicyclic amines) is 1. The fourth-order valence-corrected chi connectivity index (χ4v) is 3.01. The van der Waals surface area contributed by atoms with Gasteiger partial charge in [0.25, 0.3) is 0 Å². The number of rotatable bonds is 5. The molecule has 0 atom stereocenters. The Morgan fingerprint density at radius 3 is 2.48 bits per heavy atom. The van der Waals surface area contributed by atoms with E-state index in [2.05, 4.69) is 10.3 Å². The number of pyridine rings is 1. The van der Waals surface area contributed by atoms with Crippen molar-refractivity contribution in [1.82, 2.24) is 9.88 Å². The lowest BCUT2D eigenvalue weighted by Gasteiger charge is -2.32. The monoisotopic (exact) mass is 371 g/mol. The predicted molar refractivity (Wildman–Crippen MR) is 98.9 cm³/mol. The summed E-state index contributed by atoms with van der Waals surface area (Å²) in [6.45, 7) is 2.68. The number of aromatic nitrogens is 1. The van der Waals surface area contributed by atoms with Crippen LogP contribution in [0.25, 0.3) is 0 Å². The van der Waals surface area contributed by atoms with Gasteiger partial charge >= 0.3 is 0 Å². The lowest BCUT2D eigenvalue weighted by molar-refractivity contribution is -0.132. The average Bonchev–Trinajstić information content (AvgIpc) is 2.65. The Kier molecular flexibility index (Phi) is 6.01. The second-order valence-corrected chi connectivity index (χ2v) is 6.57. The minimum atomic E-state index is -0.303. The summed E-state index contributed by atoms with van der Waals surface area (Å²) in [6.07, 6.45) is 3.28. The standard InChI is InChI=1S/C20H22FN3O3/c1-14(25)23-17-6-7-19(22-13-17)27-18-8-10-24(11-9-18)20(26)12-15-2-4-16(21)5-3-15/h2-7,13,18H,8-12H2,1H3,(H,23,25). The molecule has 0 spiro atoms. The molecule has 2 heterocycles. The third-order valence-corrected chi connectivity index (χ3v) is 4.41. The van der Waals surface area contributed by atoms with Gasteiger partial charge in [-0.25, -0.2) is 9.37 Å². The van der Waals surface area contributed by atoms with Crippen LogP contribution in [-0.4, -0.2) is 40.9 Å². The van der Waals surface area contributed by atoms with Crippen LogP contribution in [0.1, 0.15) is 25.3 Å². The smallest absolute Gasteiger partial charge is 0.226 e. The Bertz CT molecular complexity index is 785. The highest BCUT2D eigenvalue weighted by Gasteiger charge is 2.24. The zero-order chi connectivity index (χ0) is 19.2. The SMILES string of the molecule is CC(=O)Nc1ccc(OC2CCN(C(=O)Cc3ccc(F)cc3)CC2)nc1. The number of carbonyl (C=O) groups is 2. The quantitative estimate of drug-likeness (QED) is 0.877. The summed E-state index contributed by atoms with van der Waals surface area (Å²) in [7, 11) is 0. The molecular formula is C20H22FN3O3. The summed E-state index contributed by atoms with van der Waals surface area (Å²) >= 11 is 0. The first-order chi connectivity index (χ1) is 13.0. The van der Waals surface area contributed by atoms with Gasteiger partial charge in [-0.1, -0.05) is 12.1 Å². The normalized spacial score (nSPS) is 14.7. The maximum Gasteiger partial charge on any atom is 0.226 e. The number of halogens is 1. The molecule has 0 unspecified atom stereocenters. The third-order valence-electron chi connectivity index (χ3n) is 4.41. The molecule has 1 N–H and O–H groups in total. The molecule has 142 valence electrons. The Hall–Kier alpha value is -2.96. The van der Waals surface area contributed by atoms with Crippen LogP contribution in [0.4, 0.5) is 10.1 Å². The highest BCUT2D eigenvalue weighted by atomic mass is 19.1. The van der Waals surface area contributed by atoms with Gasteiger partial charge < -0.3 is 15.0 Å². The summed E-state index contributed by atoms with van der Waals surface area (Å²) in [4.78, 5) is 29.4. The van der Waals surface area contributed by atoms with Gasteiger partial charge in [0.2, 0.25) is 17.7 Å². The molecule has 1 aromatic carbocycles. The molecule has 0 saturated carbocycles. The predicted octanol–water partition coefficient (Wildman–Crippen LogP) is 2.79. The van der Waals surface area contributed by atoms with Crippen molar-refractivity contribution in [1.29, 1.82) is 0 Å². The molecule has 1 fully saturated rings. The Balaban J connectivity index is 1.46. The van der Waals surface area contributed by atoms with Gasteiger partial charge in [0.05, 0.1) is 18.3 Å². The summed E-state index contributed by atoms with van der Waals surface area (Å²) in [5.74, 6) is 0.0871. The van der Waals surface area contributed by atoms with E-state index in [0.717, 1.165) is 18.4 Å². The number of nitrogens with zero attached hydrogens (tertiary/aromatic N) is 2. The van der Waals surface area contributed by atoms with Gasteiger partial charge in [0.1, 0.15) is 11.9 Å². The Morgan fingerprint density at radius 2 is 1.89 bits per heavy atom. The maximum atomic E-state index is 12.9. The number of amides is 2. The number of hydrogen-bond donors (Lipinski definition) is 1. The maximum absolute atomic E-state index is 12.9. The largest absolute Gasteiger partial charge is 0.474 e. The molecule has 1 saturated heterocycles. The average molecular weight is 371 g/mol. The number of benzene rings is 1. The van der Waals surface area contributed by atoms with E-state index in [1.165, 1.54) is 19.1 Å². The van der Waals surface area contributed by atoms with E-state index in [0.29, 0.717) is 24.7 Å². The van der Waals surface area contributed by atoms with E-state index >= 15 is 0 Å². The molecule has 3 rings (SSSR count). The molecule has 2 amide bonds. The van der Waals surface area contributed by atoms with E-state index in [4.69, 9.17) is 4.74 Å². The van der Waals surface area contributed by atoms with E-state index < -0.39 is 0 Å². The number of anilines is 1. The summed E-state index contributed by atoms with van der Waals surface area (Å²) in [5, 5.41) is 2.65. The fourth-order valence-electron chi connectivity index (χ4n) is 3.01. The summed E-state index contributed by atoms with van der Waals surface area (Å²) < 4.78 is 18.8. The fraction of sp³-hybridized carbons (Fsp3) is 0.350. The van der Waals surface area contributed by atoms with Crippen LogP contribution in [0.15, 0.2) is 42.6 Å². The van der Waals surface area contributed by atoms with Crippen molar-refractivity contribution in [2.45, 2.75) is 32.3 Å². The van der Waals surface area contributed by atoms with Crippen molar-refractivity contribution in [3.63, 3.8) is 0 Å². The van der Waals surface area contributed by atoms with Crippen molar-refractivity contribution in [3.05, 3.63) is 54.0 Å². The van der Waals surface area contributed by atoms with Crippen molar-refractivity contribution in [3.8, 4) is 5.88 Å². The van der Waals surface area contributed by atoms with Crippen LogP contribution < -0.4 is 10.1 Å². The van der Waals surface area contributed by atoms with Crippen molar-refractivity contribution in [2.24, 2.45) is 0 Å². The van der Waals surface area contributed by atoms with Crippen LogP contribution in [0.2, 0.25) is 0 Å². The molecule has 1 aliphatic heterocycles. The van der Waals surface area contributed by atoms with E-state index in [9.17, 15) is 14.0 Å². The Labute approximate surface area is 157 Å². The van der Waals surface area contributed by atoms with Crippen LogP contribution in [0.3, 0.4) is 0 Å². The molecule has 0 radical (unpaired) electrons. The molecule has 1 aromatic heterocycles. The number of ether oxygens (including phenoxy) is 1. The summed E-state index contributed by atoms with van der Waals surface area (Å²) in [6, 6.07) is 9.47. The highest BCUT2D eigenvalue weighted by Crippen LogP contribution is 2.19. The van der Waals surface area contributed by atoms with E-state index in [-0.39, 0.29) is 30.2 Å². The number of hydrogen-bond acceptors (Lipinski definition) is 4. The first-order valence-electron chi connectivity index (χ1n) is 8.92.